The van der Waals surface area contributed by atoms with Crippen LogP contribution in [0.5, 0.6) is 0 Å². The van der Waals surface area contributed by atoms with Crippen LogP contribution in [0.3, 0.4) is 0 Å². The average Bonchev–Trinajstić information content (AvgIpc) is 2.83. The van der Waals surface area contributed by atoms with E-state index in [1.807, 2.05) is 18.4 Å². The number of aryl methyl sites for hydroxylation is 1. The maximum absolute atomic E-state index is 12.0. The topological polar surface area (TPSA) is 41.6 Å². The molecule has 100 valence electrons. The van der Waals surface area contributed by atoms with Crippen molar-refractivity contribution in [3.05, 3.63) is 21.9 Å². The lowest BCUT2D eigenvalue weighted by Crippen LogP contribution is -2.47. The Balaban J connectivity index is 1.80. The third-order valence-electron chi connectivity index (χ3n) is 3.30. The summed E-state index contributed by atoms with van der Waals surface area (Å²) in [6.07, 6.45) is 0. The number of amides is 1. The summed E-state index contributed by atoms with van der Waals surface area (Å²) in [5.74, 6) is 0.0441. The summed E-state index contributed by atoms with van der Waals surface area (Å²) in [7, 11) is 0. The van der Waals surface area contributed by atoms with Crippen molar-refractivity contribution in [2.24, 2.45) is 0 Å². The maximum atomic E-state index is 12.0. The van der Waals surface area contributed by atoms with Gasteiger partial charge in [-0.3, -0.25) is 9.69 Å². The van der Waals surface area contributed by atoms with Crippen molar-refractivity contribution >= 4 is 17.2 Å². The first-order chi connectivity index (χ1) is 8.68. The number of hydrogen-bond acceptors (Lipinski definition) is 4. The molecule has 1 saturated heterocycles. The number of nitrogens with one attached hydrogen (secondary N) is 1. The van der Waals surface area contributed by atoms with E-state index in [1.165, 1.54) is 11.3 Å². The van der Waals surface area contributed by atoms with Crippen LogP contribution in [0.25, 0.3) is 0 Å². The standard InChI is InChI=1S/C13H20N2O2S/c1-10-3-8-18-12(10)13(16)14-9-11(2)15-4-6-17-7-5-15/h3,8,11H,4-7,9H2,1-2H3,(H,14,16). The first-order valence-corrected chi connectivity index (χ1v) is 7.20. The molecule has 2 heterocycles. The number of carbonyl (C=O) groups excluding carboxylic acids is 1. The minimum Gasteiger partial charge on any atom is -0.379 e. The van der Waals surface area contributed by atoms with Gasteiger partial charge in [-0.25, -0.2) is 0 Å². The van der Waals surface area contributed by atoms with Gasteiger partial charge in [0.05, 0.1) is 18.1 Å². The van der Waals surface area contributed by atoms with E-state index < -0.39 is 0 Å². The van der Waals surface area contributed by atoms with Gasteiger partial charge in [-0.2, -0.15) is 0 Å². The molecule has 0 saturated carbocycles. The molecule has 1 aliphatic rings. The zero-order valence-corrected chi connectivity index (χ0v) is 11.8. The molecule has 1 aromatic heterocycles. The van der Waals surface area contributed by atoms with Gasteiger partial charge in [0.15, 0.2) is 0 Å². The van der Waals surface area contributed by atoms with E-state index in [4.69, 9.17) is 4.74 Å². The van der Waals surface area contributed by atoms with E-state index in [-0.39, 0.29) is 5.91 Å². The second-order valence-corrected chi connectivity index (χ2v) is 5.56. The van der Waals surface area contributed by atoms with Crippen LogP contribution in [-0.4, -0.2) is 49.7 Å². The van der Waals surface area contributed by atoms with E-state index in [0.29, 0.717) is 12.6 Å². The monoisotopic (exact) mass is 268 g/mol. The second-order valence-electron chi connectivity index (χ2n) is 4.64. The largest absolute Gasteiger partial charge is 0.379 e. The summed E-state index contributed by atoms with van der Waals surface area (Å²) in [4.78, 5) is 15.1. The molecule has 1 N–H and O–H groups in total. The van der Waals surface area contributed by atoms with Gasteiger partial charge < -0.3 is 10.1 Å². The van der Waals surface area contributed by atoms with Crippen LogP contribution in [0.4, 0.5) is 0 Å². The Morgan fingerprint density at radius 1 is 1.56 bits per heavy atom. The summed E-state index contributed by atoms with van der Waals surface area (Å²) in [5.41, 5.74) is 1.05. The zero-order chi connectivity index (χ0) is 13.0. The summed E-state index contributed by atoms with van der Waals surface area (Å²) in [6.45, 7) is 8.30. The van der Waals surface area contributed by atoms with E-state index in [0.717, 1.165) is 36.7 Å². The predicted molar refractivity (Wildman–Crippen MR) is 73.2 cm³/mol. The van der Waals surface area contributed by atoms with Crippen LogP contribution < -0.4 is 5.32 Å². The first kappa shape index (κ1) is 13.5. The third-order valence-corrected chi connectivity index (χ3v) is 4.31. The SMILES string of the molecule is Cc1ccsc1C(=O)NCC(C)N1CCOCC1. The lowest BCUT2D eigenvalue weighted by atomic mass is 10.2. The highest BCUT2D eigenvalue weighted by Crippen LogP contribution is 2.15. The van der Waals surface area contributed by atoms with Gasteiger partial charge in [0.2, 0.25) is 0 Å². The highest BCUT2D eigenvalue weighted by molar-refractivity contribution is 7.12. The predicted octanol–water partition coefficient (Wildman–Crippen LogP) is 1.51. The molecule has 1 amide bonds. The number of rotatable bonds is 4. The van der Waals surface area contributed by atoms with Gasteiger partial charge in [-0.15, -0.1) is 11.3 Å². The molecule has 2 rings (SSSR count). The molecule has 5 heteroatoms. The molecule has 0 bridgehead atoms. The molecule has 0 radical (unpaired) electrons. The van der Waals surface area contributed by atoms with Crippen LogP contribution in [0.2, 0.25) is 0 Å². The lowest BCUT2D eigenvalue weighted by Gasteiger charge is -2.32. The highest BCUT2D eigenvalue weighted by atomic mass is 32.1. The van der Waals surface area contributed by atoms with E-state index in [9.17, 15) is 4.79 Å². The fourth-order valence-electron chi connectivity index (χ4n) is 2.07. The third kappa shape index (κ3) is 3.31. The van der Waals surface area contributed by atoms with Gasteiger partial charge >= 0.3 is 0 Å². The number of hydrogen-bond donors (Lipinski definition) is 1. The molecule has 1 unspecified atom stereocenters. The zero-order valence-electron chi connectivity index (χ0n) is 10.9. The van der Waals surface area contributed by atoms with Crippen LogP contribution in [-0.2, 0) is 4.74 Å². The quantitative estimate of drug-likeness (QED) is 0.900. The minimum absolute atomic E-state index is 0.0441. The molecular formula is C13H20N2O2S. The Morgan fingerprint density at radius 3 is 2.89 bits per heavy atom. The van der Waals surface area contributed by atoms with E-state index in [2.05, 4.69) is 17.1 Å². The maximum Gasteiger partial charge on any atom is 0.261 e. The van der Waals surface area contributed by atoms with Crippen molar-refractivity contribution in [1.82, 2.24) is 10.2 Å². The summed E-state index contributed by atoms with van der Waals surface area (Å²) >= 11 is 1.50. The summed E-state index contributed by atoms with van der Waals surface area (Å²) < 4.78 is 5.32. The Hall–Kier alpha value is -0.910. The summed E-state index contributed by atoms with van der Waals surface area (Å²) in [6, 6.07) is 2.34. The number of ether oxygens (including phenoxy) is 1. The number of nitrogens with zero attached hydrogens (tertiary/aromatic N) is 1. The van der Waals surface area contributed by atoms with Crippen LogP contribution >= 0.6 is 11.3 Å². The van der Waals surface area contributed by atoms with E-state index in [1.54, 1.807) is 0 Å². The molecule has 1 aliphatic heterocycles. The molecule has 1 aromatic rings. The molecule has 0 aliphatic carbocycles. The Kier molecular flexibility index (Phi) is 4.74. The number of carbonyl (C=O) groups is 1. The normalized spacial score (nSPS) is 18.6. The Labute approximate surface area is 112 Å². The molecule has 18 heavy (non-hydrogen) atoms. The smallest absolute Gasteiger partial charge is 0.261 e. The molecule has 0 spiro atoms. The van der Waals surface area contributed by atoms with Crippen molar-refractivity contribution in [1.29, 1.82) is 0 Å². The average molecular weight is 268 g/mol. The van der Waals surface area contributed by atoms with Crippen molar-refractivity contribution in [3.63, 3.8) is 0 Å². The molecule has 1 atom stereocenters. The minimum atomic E-state index is 0.0441. The fourth-order valence-corrected chi connectivity index (χ4v) is 2.91. The molecule has 0 aromatic carbocycles. The highest BCUT2D eigenvalue weighted by Gasteiger charge is 2.18. The van der Waals surface area contributed by atoms with Gasteiger partial charge in [-0.05, 0) is 30.9 Å². The van der Waals surface area contributed by atoms with Crippen LogP contribution in [0.15, 0.2) is 11.4 Å². The summed E-state index contributed by atoms with van der Waals surface area (Å²) in [5, 5.41) is 4.97. The van der Waals surface area contributed by atoms with Crippen LogP contribution in [0, 0.1) is 6.92 Å². The fraction of sp³-hybridized carbons (Fsp3) is 0.615. The first-order valence-electron chi connectivity index (χ1n) is 6.32. The number of morpholine rings is 1. The van der Waals surface area contributed by atoms with Crippen LogP contribution in [0.1, 0.15) is 22.2 Å². The van der Waals surface area contributed by atoms with Gasteiger partial charge in [-0.1, -0.05) is 0 Å². The van der Waals surface area contributed by atoms with Crippen molar-refractivity contribution < 1.29 is 9.53 Å². The van der Waals surface area contributed by atoms with Gasteiger partial charge in [0.1, 0.15) is 0 Å². The lowest BCUT2D eigenvalue weighted by molar-refractivity contribution is 0.0204. The van der Waals surface area contributed by atoms with Gasteiger partial charge in [0.25, 0.3) is 5.91 Å². The number of thiophene rings is 1. The van der Waals surface area contributed by atoms with E-state index >= 15 is 0 Å². The second kappa shape index (κ2) is 6.31. The van der Waals surface area contributed by atoms with Crippen molar-refractivity contribution in [2.45, 2.75) is 19.9 Å². The van der Waals surface area contributed by atoms with Crippen molar-refractivity contribution in [2.75, 3.05) is 32.8 Å². The molecular weight excluding hydrogens is 248 g/mol. The Morgan fingerprint density at radius 2 is 2.28 bits per heavy atom. The molecule has 1 fully saturated rings. The van der Waals surface area contributed by atoms with Crippen molar-refractivity contribution in [3.8, 4) is 0 Å². The molecule has 4 nitrogen and oxygen atoms in total. The van der Waals surface area contributed by atoms with Gasteiger partial charge in [0, 0.05) is 25.7 Å². The Bertz CT molecular complexity index is 399.